The number of nitrogens with one attached hydrogen (secondary N) is 1. The third kappa shape index (κ3) is 5.03. The molecule has 0 heterocycles. The lowest BCUT2D eigenvalue weighted by molar-refractivity contribution is 0.204. The highest BCUT2D eigenvalue weighted by Gasteiger charge is 2.16. The van der Waals surface area contributed by atoms with E-state index in [1.165, 1.54) is 18.5 Å². The van der Waals surface area contributed by atoms with Crippen LogP contribution in [0.2, 0.25) is 0 Å². The van der Waals surface area contributed by atoms with E-state index in [1.807, 2.05) is 24.3 Å². The van der Waals surface area contributed by atoms with Gasteiger partial charge in [-0.1, -0.05) is 28.1 Å². The Hall–Kier alpha value is -0.470. The van der Waals surface area contributed by atoms with Crippen molar-refractivity contribution in [1.29, 1.82) is 0 Å². The van der Waals surface area contributed by atoms with Crippen LogP contribution in [0, 0.1) is 0 Å². The average Bonchev–Trinajstić information content (AvgIpc) is 2.29. The number of ether oxygens (including phenoxy) is 1. The Kier molecular flexibility index (Phi) is 6.24. The molecule has 0 aliphatic carbocycles. The van der Waals surface area contributed by atoms with Gasteiger partial charge in [0.05, 0.1) is 6.61 Å². The molecule has 0 saturated heterocycles. The minimum atomic E-state index is -3.46. The van der Waals surface area contributed by atoms with E-state index in [1.54, 1.807) is 0 Å². The van der Waals surface area contributed by atoms with Crippen molar-refractivity contribution in [2.75, 3.05) is 27.3 Å². The maximum absolute atomic E-state index is 11.8. The highest BCUT2D eigenvalue weighted by Crippen LogP contribution is 2.13. The highest BCUT2D eigenvalue weighted by molar-refractivity contribution is 9.10. The van der Waals surface area contributed by atoms with Crippen LogP contribution >= 0.6 is 15.9 Å². The molecule has 0 bridgehead atoms. The van der Waals surface area contributed by atoms with Crippen LogP contribution < -0.4 is 4.72 Å². The smallest absolute Gasteiger partial charge is 0.279 e. The largest absolute Gasteiger partial charge is 0.383 e. The molecule has 0 aliphatic rings. The number of hydrogen-bond donors (Lipinski definition) is 1. The van der Waals surface area contributed by atoms with E-state index in [0.29, 0.717) is 13.2 Å². The van der Waals surface area contributed by atoms with Crippen LogP contribution in [0.3, 0.4) is 0 Å². The number of methoxy groups -OCH3 is 1. The summed E-state index contributed by atoms with van der Waals surface area (Å²) < 4.78 is 33.1. The Labute approximate surface area is 116 Å². The Bertz CT molecular complexity index is 479. The second-order valence-electron chi connectivity index (χ2n) is 3.78. The monoisotopic (exact) mass is 336 g/mol. The van der Waals surface area contributed by atoms with Gasteiger partial charge in [-0.3, -0.25) is 0 Å². The standard InChI is InChI=1S/C11H17BrN2O3S/c1-14(18(15,16)13-6-7-17-2)9-10-4-3-5-11(12)8-10/h3-5,8,13H,6-7,9H2,1-2H3. The molecular weight excluding hydrogens is 320 g/mol. The summed E-state index contributed by atoms with van der Waals surface area (Å²) in [5.41, 5.74) is 0.920. The van der Waals surface area contributed by atoms with Crippen molar-refractivity contribution < 1.29 is 13.2 Å². The summed E-state index contributed by atoms with van der Waals surface area (Å²) in [5, 5.41) is 0. The van der Waals surface area contributed by atoms with E-state index < -0.39 is 10.2 Å². The summed E-state index contributed by atoms with van der Waals surface area (Å²) in [6, 6.07) is 7.54. The third-order valence-corrected chi connectivity index (χ3v) is 4.31. The van der Waals surface area contributed by atoms with Crippen LogP contribution in [0.5, 0.6) is 0 Å². The summed E-state index contributed by atoms with van der Waals surface area (Å²) in [6.07, 6.45) is 0. The lowest BCUT2D eigenvalue weighted by Crippen LogP contribution is -2.39. The molecule has 0 spiro atoms. The molecule has 5 nitrogen and oxygen atoms in total. The molecule has 0 fully saturated rings. The number of benzene rings is 1. The van der Waals surface area contributed by atoms with Gasteiger partial charge in [-0.15, -0.1) is 0 Å². The van der Waals surface area contributed by atoms with E-state index in [2.05, 4.69) is 20.7 Å². The van der Waals surface area contributed by atoms with Crippen LogP contribution in [0.25, 0.3) is 0 Å². The first-order chi connectivity index (χ1) is 8.45. The predicted molar refractivity (Wildman–Crippen MR) is 74.4 cm³/mol. The van der Waals surface area contributed by atoms with Gasteiger partial charge in [0.2, 0.25) is 0 Å². The second kappa shape index (κ2) is 7.20. The second-order valence-corrected chi connectivity index (χ2v) is 6.56. The van der Waals surface area contributed by atoms with E-state index >= 15 is 0 Å². The topological polar surface area (TPSA) is 58.6 Å². The number of hydrogen-bond acceptors (Lipinski definition) is 3. The van der Waals surface area contributed by atoms with Gasteiger partial charge in [-0.25, -0.2) is 0 Å². The third-order valence-electron chi connectivity index (χ3n) is 2.30. The van der Waals surface area contributed by atoms with Gasteiger partial charge >= 0.3 is 0 Å². The number of nitrogens with zero attached hydrogens (tertiary/aromatic N) is 1. The van der Waals surface area contributed by atoms with Gasteiger partial charge in [0.15, 0.2) is 0 Å². The molecule has 0 radical (unpaired) electrons. The molecule has 0 aliphatic heterocycles. The zero-order valence-corrected chi connectivity index (χ0v) is 12.8. The van der Waals surface area contributed by atoms with Gasteiger partial charge in [-0.2, -0.15) is 17.4 Å². The Balaban J connectivity index is 2.61. The maximum atomic E-state index is 11.8. The first kappa shape index (κ1) is 15.6. The minimum absolute atomic E-state index is 0.266. The summed E-state index contributed by atoms with van der Waals surface area (Å²) in [4.78, 5) is 0. The van der Waals surface area contributed by atoms with Gasteiger partial charge < -0.3 is 4.74 Å². The van der Waals surface area contributed by atoms with Crippen LogP contribution in [0.4, 0.5) is 0 Å². The molecule has 7 heteroatoms. The fourth-order valence-corrected chi connectivity index (χ4v) is 2.69. The van der Waals surface area contributed by atoms with Gasteiger partial charge in [0.25, 0.3) is 10.2 Å². The summed E-state index contributed by atoms with van der Waals surface area (Å²) in [7, 11) is -0.391. The van der Waals surface area contributed by atoms with Crippen LogP contribution in [0.1, 0.15) is 5.56 Å². The molecule has 102 valence electrons. The van der Waals surface area contributed by atoms with Crippen molar-refractivity contribution in [3.05, 3.63) is 34.3 Å². The van der Waals surface area contributed by atoms with Crippen molar-refractivity contribution in [2.24, 2.45) is 0 Å². The molecule has 0 atom stereocenters. The molecule has 1 aromatic rings. The van der Waals surface area contributed by atoms with Crippen molar-refractivity contribution in [2.45, 2.75) is 6.54 Å². The molecular formula is C11H17BrN2O3S. The van der Waals surface area contributed by atoms with Crippen molar-refractivity contribution in [1.82, 2.24) is 9.03 Å². The van der Waals surface area contributed by atoms with Gasteiger partial charge in [-0.05, 0) is 17.7 Å². The maximum Gasteiger partial charge on any atom is 0.279 e. The Morgan fingerprint density at radius 3 is 2.78 bits per heavy atom. The number of rotatable bonds is 7. The average molecular weight is 337 g/mol. The SMILES string of the molecule is COCCNS(=O)(=O)N(C)Cc1cccc(Br)c1. The van der Waals surface area contributed by atoms with Crippen LogP contribution in [-0.4, -0.2) is 40.0 Å². The minimum Gasteiger partial charge on any atom is -0.383 e. The first-order valence-corrected chi connectivity index (χ1v) is 7.63. The molecule has 1 N–H and O–H groups in total. The fourth-order valence-electron chi connectivity index (χ4n) is 1.36. The molecule has 18 heavy (non-hydrogen) atoms. The Morgan fingerprint density at radius 2 is 2.17 bits per heavy atom. The zero-order valence-electron chi connectivity index (χ0n) is 10.4. The first-order valence-electron chi connectivity index (χ1n) is 5.40. The van der Waals surface area contributed by atoms with Crippen LogP contribution in [-0.2, 0) is 21.5 Å². The van der Waals surface area contributed by atoms with Crippen molar-refractivity contribution in [3.63, 3.8) is 0 Å². The normalized spacial score (nSPS) is 12.0. The number of halogens is 1. The summed E-state index contributed by atoms with van der Waals surface area (Å²) >= 11 is 3.35. The molecule has 0 aromatic heterocycles. The molecule has 1 aromatic carbocycles. The quantitative estimate of drug-likeness (QED) is 0.765. The summed E-state index contributed by atoms with van der Waals surface area (Å²) in [6.45, 7) is 0.938. The Morgan fingerprint density at radius 1 is 1.44 bits per heavy atom. The predicted octanol–water partition coefficient (Wildman–Crippen LogP) is 1.36. The molecule has 0 saturated carbocycles. The van der Waals surface area contributed by atoms with Gasteiger partial charge in [0, 0.05) is 31.7 Å². The van der Waals surface area contributed by atoms with Crippen molar-refractivity contribution >= 4 is 26.1 Å². The van der Waals surface area contributed by atoms with Gasteiger partial charge in [0.1, 0.15) is 0 Å². The lowest BCUT2D eigenvalue weighted by atomic mass is 10.2. The molecule has 1 rings (SSSR count). The van der Waals surface area contributed by atoms with Crippen LogP contribution in [0.15, 0.2) is 28.7 Å². The highest BCUT2D eigenvalue weighted by atomic mass is 79.9. The molecule has 0 unspecified atom stereocenters. The van der Waals surface area contributed by atoms with E-state index in [4.69, 9.17) is 4.74 Å². The zero-order chi connectivity index (χ0) is 13.6. The fraction of sp³-hybridized carbons (Fsp3) is 0.455. The van der Waals surface area contributed by atoms with E-state index in [-0.39, 0.29) is 6.54 Å². The molecule has 0 amide bonds. The van der Waals surface area contributed by atoms with Crippen molar-refractivity contribution in [3.8, 4) is 0 Å². The van der Waals surface area contributed by atoms with E-state index in [9.17, 15) is 8.42 Å². The lowest BCUT2D eigenvalue weighted by Gasteiger charge is -2.17. The summed E-state index contributed by atoms with van der Waals surface area (Å²) in [5.74, 6) is 0. The van der Waals surface area contributed by atoms with E-state index in [0.717, 1.165) is 10.0 Å².